The van der Waals surface area contributed by atoms with Crippen LogP contribution >= 0.6 is 11.8 Å². The molecule has 0 bridgehead atoms. The normalized spacial score (nSPS) is 11.1. The minimum absolute atomic E-state index is 0.152. The lowest BCUT2D eigenvalue weighted by Crippen LogP contribution is -2.14. The predicted molar refractivity (Wildman–Crippen MR) is 96.5 cm³/mol. The summed E-state index contributed by atoms with van der Waals surface area (Å²) in [6.07, 6.45) is 1.15. The van der Waals surface area contributed by atoms with Crippen molar-refractivity contribution in [3.8, 4) is 5.75 Å². The van der Waals surface area contributed by atoms with Crippen LogP contribution in [0.5, 0.6) is 5.75 Å². The molecule has 0 aliphatic rings. The van der Waals surface area contributed by atoms with Gasteiger partial charge in [0, 0.05) is 16.8 Å². The van der Waals surface area contributed by atoms with Gasteiger partial charge >= 0.3 is 0 Å². The minimum Gasteiger partial charge on any atom is -0.494 e. The number of thioether (sulfide) groups is 1. The van der Waals surface area contributed by atoms with Crippen molar-refractivity contribution in [2.45, 2.75) is 16.7 Å². The van der Waals surface area contributed by atoms with Gasteiger partial charge in [-0.25, -0.2) is 8.42 Å². The first-order valence-corrected chi connectivity index (χ1v) is 10.2. The zero-order valence-corrected chi connectivity index (χ0v) is 15.1. The molecule has 0 atom stereocenters. The lowest BCUT2D eigenvalue weighted by Gasteiger charge is -2.07. The summed E-state index contributed by atoms with van der Waals surface area (Å²) in [5.74, 6) is 0.917. The molecule has 7 heteroatoms. The first kappa shape index (κ1) is 18.4. The molecule has 2 aromatic rings. The number of hydrogen-bond donors (Lipinski definition) is 1. The van der Waals surface area contributed by atoms with Gasteiger partial charge in [-0.2, -0.15) is 0 Å². The van der Waals surface area contributed by atoms with Crippen molar-refractivity contribution in [1.29, 1.82) is 0 Å². The number of sulfone groups is 1. The SMILES string of the molecule is CCOc1ccc(SCC(=O)Nc2ccc(S(C)(=O)=O)cc2)cc1. The van der Waals surface area contributed by atoms with Crippen molar-refractivity contribution in [2.24, 2.45) is 0 Å². The van der Waals surface area contributed by atoms with Gasteiger partial charge in [0.05, 0.1) is 17.3 Å². The first-order valence-electron chi connectivity index (χ1n) is 7.34. The second-order valence-electron chi connectivity index (χ2n) is 5.04. The van der Waals surface area contributed by atoms with Crippen LogP contribution in [0.1, 0.15) is 6.92 Å². The molecule has 0 aliphatic carbocycles. The maximum atomic E-state index is 12.0. The predicted octanol–water partition coefficient (Wildman–Crippen LogP) is 3.22. The average Bonchev–Trinajstić information content (AvgIpc) is 2.54. The Bertz CT molecular complexity index is 784. The van der Waals surface area contributed by atoms with E-state index >= 15 is 0 Å². The molecule has 2 aromatic carbocycles. The summed E-state index contributed by atoms with van der Waals surface area (Å²) in [6.45, 7) is 2.54. The molecule has 0 spiro atoms. The van der Waals surface area contributed by atoms with Crippen LogP contribution in [0.2, 0.25) is 0 Å². The third kappa shape index (κ3) is 5.58. The molecule has 0 aromatic heterocycles. The molecule has 0 radical (unpaired) electrons. The van der Waals surface area contributed by atoms with Crippen LogP contribution in [0.3, 0.4) is 0 Å². The van der Waals surface area contributed by atoms with Crippen molar-refractivity contribution >= 4 is 33.2 Å². The number of carbonyl (C=O) groups excluding carboxylic acids is 1. The van der Waals surface area contributed by atoms with E-state index in [-0.39, 0.29) is 16.6 Å². The van der Waals surface area contributed by atoms with Crippen LogP contribution in [0.4, 0.5) is 5.69 Å². The average molecular weight is 365 g/mol. The molecule has 0 heterocycles. The molecule has 5 nitrogen and oxygen atoms in total. The maximum Gasteiger partial charge on any atom is 0.234 e. The van der Waals surface area contributed by atoms with Crippen LogP contribution in [-0.4, -0.2) is 32.9 Å². The van der Waals surface area contributed by atoms with Gasteiger partial charge in [0.25, 0.3) is 0 Å². The second kappa shape index (κ2) is 8.21. The highest BCUT2D eigenvalue weighted by Crippen LogP contribution is 2.22. The van der Waals surface area contributed by atoms with Crippen LogP contribution in [0.15, 0.2) is 58.3 Å². The van der Waals surface area contributed by atoms with Crippen LogP contribution < -0.4 is 10.1 Å². The molecule has 1 N–H and O–H groups in total. The largest absolute Gasteiger partial charge is 0.494 e. The van der Waals surface area contributed by atoms with Gasteiger partial charge in [0.15, 0.2) is 9.84 Å². The van der Waals surface area contributed by atoms with Gasteiger partial charge in [-0.05, 0) is 55.5 Å². The summed E-state index contributed by atoms with van der Waals surface area (Å²) < 4.78 is 28.1. The monoisotopic (exact) mass is 365 g/mol. The first-order chi connectivity index (χ1) is 11.4. The van der Waals surface area contributed by atoms with E-state index in [4.69, 9.17) is 4.74 Å². The number of anilines is 1. The summed E-state index contributed by atoms with van der Waals surface area (Å²) in [5, 5.41) is 2.74. The van der Waals surface area contributed by atoms with E-state index in [2.05, 4.69) is 5.32 Å². The van der Waals surface area contributed by atoms with E-state index in [1.54, 1.807) is 12.1 Å². The number of carbonyl (C=O) groups is 1. The molecule has 0 saturated carbocycles. The fourth-order valence-electron chi connectivity index (χ4n) is 1.93. The van der Waals surface area contributed by atoms with E-state index < -0.39 is 9.84 Å². The van der Waals surface area contributed by atoms with Gasteiger partial charge in [0.1, 0.15) is 5.75 Å². The Balaban J connectivity index is 1.87. The maximum absolute atomic E-state index is 12.0. The number of benzene rings is 2. The molecule has 0 saturated heterocycles. The van der Waals surface area contributed by atoms with Crippen LogP contribution in [0, 0.1) is 0 Å². The number of nitrogens with one attached hydrogen (secondary N) is 1. The molecule has 24 heavy (non-hydrogen) atoms. The van der Waals surface area contributed by atoms with Crippen molar-refractivity contribution in [3.63, 3.8) is 0 Å². The number of ether oxygens (including phenoxy) is 1. The zero-order valence-electron chi connectivity index (χ0n) is 13.5. The van der Waals surface area contributed by atoms with E-state index in [9.17, 15) is 13.2 Å². The standard InChI is InChI=1S/C17H19NO4S2/c1-3-22-14-6-8-15(9-7-14)23-12-17(19)18-13-4-10-16(11-5-13)24(2,20)21/h4-11H,3,12H2,1-2H3,(H,18,19). The summed E-state index contributed by atoms with van der Waals surface area (Å²) in [5.41, 5.74) is 0.569. The van der Waals surface area contributed by atoms with Crippen molar-refractivity contribution < 1.29 is 17.9 Å². The fourth-order valence-corrected chi connectivity index (χ4v) is 3.26. The fraction of sp³-hybridized carbons (Fsp3) is 0.235. The second-order valence-corrected chi connectivity index (χ2v) is 8.10. The third-order valence-electron chi connectivity index (χ3n) is 3.07. The van der Waals surface area contributed by atoms with Gasteiger partial charge in [0.2, 0.25) is 5.91 Å². The van der Waals surface area contributed by atoms with Gasteiger partial charge in [-0.1, -0.05) is 0 Å². The molecular weight excluding hydrogens is 346 g/mol. The van der Waals surface area contributed by atoms with Crippen LogP contribution in [-0.2, 0) is 14.6 Å². The molecule has 1 amide bonds. The Hall–Kier alpha value is -1.99. The number of hydrogen-bond acceptors (Lipinski definition) is 5. The summed E-state index contributed by atoms with van der Waals surface area (Å²) in [7, 11) is -3.23. The minimum atomic E-state index is -3.23. The van der Waals surface area contributed by atoms with Crippen molar-refractivity contribution in [2.75, 3.05) is 23.9 Å². The van der Waals surface area contributed by atoms with Crippen LogP contribution in [0.25, 0.3) is 0 Å². The number of amides is 1. The Morgan fingerprint density at radius 2 is 1.71 bits per heavy atom. The molecule has 0 aliphatic heterocycles. The quantitative estimate of drug-likeness (QED) is 0.763. The molecule has 128 valence electrons. The number of rotatable bonds is 7. The Labute approximate surface area is 146 Å². The molecular formula is C17H19NO4S2. The Morgan fingerprint density at radius 3 is 2.25 bits per heavy atom. The Morgan fingerprint density at radius 1 is 1.08 bits per heavy atom. The molecule has 2 rings (SSSR count). The van der Waals surface area contributed by atoms with E-state index in [1.807, 2.05) is 31.2 Å². The van der Waals surface area contributed by atoms with Gasteiger partial charge in [-0.3, -0.25) is 4.79 Å². The highest BCUT2D eigenvalue weighted by Gasteiger charge is 2.08. The topological polar surface area (TPSA) is 72.5 Å². The zero-order chi connectivity index (χ0) is 17.6. The van der Waals surface area contributed by atoms with E-state index in [0.717, 1.165) is 16.9 Å². The Kier molecular flexibility index (Phi) is 6.28. The molecule has 0 fully saturated rings. The lowest BCUT2D eigenvalue weighted by atomic mass is 10.3. The third-order valence-corrected chi connectivity index (χ3v) is 5.21. The highest BCUT2D eigenvalue weighted by molar-refractivity contribution is 8.00. The van der Waals surface area contributed by atoms with Crippen molar-refractivity contribution in [3.05, 3.63) is 48.5 Å². The summed E-state index contributed by atoms with van der Waals surface area (Å²) >= 11 is 1.42. The summed E-state index contributed by atoms with van der Waals surface area (Å²) in [4.78, 5) is 13.2. The summed E-state index contributed by atoms with van der Waals surface area (Å²) in [6, 6.07) is 13.7. The van der Waals surface area contributed by atoms with E-state index in [1.165, 1.54) is 23.9 Å². The highest BCUT2D eigenvalue weighted by atomic mass is 32.2. The lowest BCUT2D eigenvalue weighted by molar-refractivity contribution is -0.113. The van der Waals surface area contributed by atoms with Gasteiger partial charge in [-0.15, -0.1) is 11.8 Å². The van der Waals surface area contributed by atoms with E-state index in [0.29, 0.717) is 12.3 Å². The molecule has 0 unspecified atom stereocenters. The van der Waals surface area contributed by atoms with Gasteiger partial charge < -0.3 is 10.1 Å². The smallest absolute Gasteiger partial charge is 0.234 e. The van der Waals surface area contributed by atoms with Crippen molar-refractivity contribution in [1.82, 2.24) is 0 Å².